The molecule has 124 valence electrons. The van der Waals surface area contributed by atoms with Crippen molar-refractivity contribution in [3.8, 4) is 0 Å². The van der Waals surface area contributed by atoms with Crippen LogP contribution in [-0.4, -0.2) is 41.8 Å². The largest absolute Gasteiger partial charge is 0.383 e. The van der Waals surface area contributed by atoms with Gasteiger partial charge in [0.25, 0.3) is 0 Å². The number of aryl methyl sites for hydroxylation is 1. The third-order valence-corrected chi connectivity index (χ3v) is 4.54. The van der Waals surface area contributed by atoms with Crippen LogP contribution in [0, 0.1) is 0 Å². The molecule has 0 aliphatic heterocycles. The van der Waals surface area contributed by atoms with E-state index >= 15 is 0 Å². The van der Waals surface area contributed by atoms with Crippen molar-refractivity contribution in [2.24, 2.45) is 0 Å². The Bertz CT molecular complexity index is 643. The predicted molar refractivity (Wildman–Crippen MR) is 91.0 cm³/mol. The van der Waals surface area contributed by atoms with Crippen LogP contribution in [0.3, 0.4) is 0 Å². The van der Waals surface area contributed by atoms with Gasteiger partial charge in [-0.2, -0.15) is 0 Å². The Morgan fingerprint density at radius 3 is 3.17 bits per heavy atom. The first-order chi connectivity index (χ1) is 11.3. The number of nitrogens with one attached hydrogen (secondary N) is 1. The zero-order valence-corrected chi connectivity index (χ0v) is 14.2. The maximum Gasteiger partial charge on any atom is 0.0840 e. The monoisotopic (exact) mass is 334 g/mol. The molecule has 1 aromatic heterocycles. The molecule has 1 heterocycles. The van der Waals surface area contributed by atoms with Crippen LogP contribution in [-0.2, 0) is 17.6 Å². The highest BCUT2D eigenvalue weighted by Gasteiger charge is 2.23. The molecule has 6 heteroatoms. The summed E-state index contributed by atoms with van der Waals surface area (Å²) < 4.78 is 7.01. The fourth-order valence-corrected chi connectivity index (χ4v) is 3.30. The molecule has 0 fully saturated rings. The summed E-state index contributed by atoms with van der Waals surface area (Å²) in [5.41, 5.74) is 3.69. The van der Waals surface area contributed by atoms with Gasteiger partial charge in [-0.1, -0.05) is 22.9 Å². The lowest BCUT2D eigenvalue weighted by Crippen LogP contribution is -2.21. The van der Waals surface area contributed by atoms with Crippen molar-refractivity contribution >= 4 is 11.6 Å². The summed E-state index contributed by atoms with van der Waals surface area (Å²) in [5, 5.41) is 12.8. The van der Waals surface area contributed by atoms with E-state index in [1.165, 1.54) is 17.5 Å². The van der Waals surface area contributed by atoms with Gasteiger partial charge >= 0.3 is 0 Å². The van der Waals surface area contributed by atoms with Crippen molar-refractivity contribution in [1.29, 1.82) is 0 Å². The fourth-order valence-electron chi connectivity index (χ4n) is 3.12. The number of ether oxygens (including phenoxy) is 1. The third kappa shape index (κ3) is 4.10. The van der Waals surface area contributed by atoms with Crippen molar-refractivity contribution in [2.75, 3.05) is 26.8 Å². The Hall–Kier alpha value is -1.43. The van der Waals surface area contributed by atoms with E-state index in [0.717, 1.165) is 49.7 Å². The minimum absolute atomic E-state index is 0.250. The first-order valence-corrected chi connectivity index (χ1v) is 8.54. The van der Waals surface area contributed by atoms with Crippen molar-refractivity contribution in [1.82, 2.24) is 20.3 Å². The van der Waals surface area contributed by atoms with E-state index in [1.54, 1.807) is 7.11 Å². The van der Waals surface area contributed by atoms with Gasteiger partial charge in [0.2, 0.25) is 0 Å². The van der Waals surface area contributed by atoms with E-state index in [4.69, 9.17) is 16.3 Å². The molecule has 23 heavy (non-hydrogen) atoms. The molecule has 1 N–H and O–H groups in total. The molecule has 0 radical (unpaired) electrons. The standard InChI is InChI=1S/C17H23ClN4O/c1-23-10-9-19-8-7-15-12-22(21-20-15)17-4-2-3-13-5-6-14(18)11-16(13)17/h5-6,11-12,17,19H,2-4,7-10H2,1H3/t17-/m0/s1. The molecule has 0 amide bonds. The minimum atomic E-state index is 0.250. The van der Waals surface area contributed by atoms with Gasteiger partial charge in [-0.3, -0.25) is 0 Å². The highest BCUT2D eigenvalue weighted by atomic mass is 35.5. The number of halogens is 1. The summed E-state index contributed by atoms with van der Waals surface area (Å²) in [4.78, 5) is 0. The lowest BCUT2D eigenvalue weighted by Gasteiger charge is -2.25. The maximum atomic E-state index is 6.18. The van der Waals surface area contributed by atoms with Gasteiger partial charge in [0.05, 0.1) is 18.3 Å². The van der Waals surface area contributed by atoms with Gasteiger partial charge in [-0.25, -0.2) is 4.68 Å². The van der Waals surface area contributed by atoms with Gasteiger partial charge in [-0.15, -0.1) is 5.10 Å². The number of hydrogen-bond acceptors (Lipinski definition) is 4. The first-order valence-electron chi connectivity index (χ1n) is 8.16. The van der Waals surface area contributed by atoms with Gasteiger partial charge in [0.15, 0.2) is 0 Å². The zero-order chi connectivity index (χ0) is 16.1. The number of methoxy groups -OCH3 is 1. The van der Waals surface area contributed by atoms with E-state index in [9.17, 15) is 0 Å². The smallest absolute Gasteiger partial charge is 0.0840 e. The molecule has 5 nitrogen and oxygen atoms in total. The van der Waals surface area contributed by atoms with Crippen LogP contribution in [0.25, 0.3) is 0 Å². The highest BCUT2D eigenvalue weighted by Crippen LogP contribution is 2.34. The summed E-state index contributed by atoms with van der Waals surface area (Å²) in [7, 11) is 1.71. The molecule has 1 aliphatic carbocycles. The Labute approximate surface area is 142 Å². The van der Waals surface area contributed by atoms with Gasteiger partial charge in [-0.05, 0) is 42.5 Å². The summed E-state index contributed by atoms with van der Waals surface area (Å²) in [6.07, 6.45) is 6.32. The van der Waals surface area contributed by atoms with E-state index in [1.807, 2.05) is 10.7 Å². The van der Waals surface area contributed by atoms with Crippen LogP contribution in [0.15, 0.2) is 24.4 Å². The summed E-state index contributed by atoms with van der Waals surface area (Å²) in [6, 6.07) is 6.44. The van der Waals surface area contributed by atoms with Crippen LogP contribution in [0.5, 0.6) is 0 Å². The van der Waals surface area contributed by atoms with Crippen LogP contribution >= 0.6 is 11.6 Å². The third-order valence-electron chi connectivity index (χ3n) is 4.31. The van der Waals surface area contributed by atoms with E-state index in [-0.39, 0.29) is 6.04 Å². The minimum Gasteiger partial charge on any atom is -0.383 e. The molecular formula is C17H23ClN4O. The molecule has 1 atom stereocenters. The Balaban J connectivity index is 1.66. The fraction of sp³-hybridized carbons (Fsp3) is 0.529. The molecular weight excluding hydrogens is 312 g/mol. The summed E-state index contributed by atoms with van der Waals surface area (Å²) in [6.45, 7) is 2.47. The molecule has 2 aromatic rings. The molecule has 0 unspecified atom stereocenters. The van der Waals surface area contributed by atoms with Gasteiger partial charge < -0.3 is 10.1 Å². The van der Waals surface area contributed by atoms with Crippen LogP contribution in [0.4, 0.5) is 0 Å². The zero-order valence-electron chi connectivity index (χ0n) is 13.5. The Kier molecular flexibility index (Phi) is 5.65. The molecule has 0 bridgehead atoms. The Morgan fingerprint density at radius 2 is 2.30 bits per heavy atom. The molecule has 1 aliphatic rings. The Morgan fingerprint density at radius 1 is 1.39 bits per heavy atom. The average molecular weight is 335 g/mol. The van der Waals surface area contributed by atoms with E-state index < -0.39 is 0 Å². The SMILES string of the molecule is COCCNCCc1cn([C@H]2CCCc3ccc(Cl)cc32)nn1. The maximum absolute atomic E-state index is 6.18. The summed E-state index contributed by atoms with van der Waals surface area (Å²) in [5.74, 6) is 0. The second-order valence-electron chi connectivity index (χ2n) is 5.93. The van der Waals surface area contributed by atoms with Crippen molar-refractivity contribution in [2.45, 2.75) is 31.7 Å². The molecule has 1 aromatic carbocycles. The first kappa shape index (κ1) is 16.4. The lowest BCUT2D eigenvalue weighted by atomic mass is 9.88. The number of hydrogen-bond donors (Lipinski definition) is 1. The van der Waals surface area contributed by atoms with E-state index in [0.29, 0.717) is 0 Å². The number of rotatable bonds is 7. The quantitative estimate of drug-likeness (QED) is 0.791. The lowest BCUT2D eigenvalue weighted by molar-refractivity contribution is 0.199. The van der Waals surface area contributed by atoms with Crippen LogP contribution in [0.2, 0.25) is 5.02 Å². The van der Waals surface area contributed by atoms with Crippen LogP contribution < -0.4 is 5.32 Å². The molecule has 3 rings (SSSR count). The second kappa shape index (κ2) is 7.90. The predicted octanol–water partition coefficient (Wildman–Crippen LogP) is 2.64. The van der Waals surface area contributed by atoms with Crippen molar-refractivity contribution in [3.05, 3.63) is 46.2 Å². The molecule has 0 saturated carbocycles. The van der Waals surface area contributed by atoms with Gasteiger partial charge in [0, 0.05) is 37.8 Å². The molecule has 0 spiro atoms. The normalized spacial score (nSPS) is 17.2. The van der Waals surface area contributed by atoms with Crippen LogP contribution in [0.1, 0.15) is 35.7 Å². The van der Waals surface area contributed by atoms with E-state index in [2.05, 4.69) is 34.0 Å². The summed E-state index contributed by atoms with van der Waals surface area (Å²) >= 11 is 6.18. The van der Waals surface area contributed by atoms with Gasteiger partial charge in [0.1, 0.15) is 0 Å². The number of nitrogens with zero attached hydrogens (tertiary/aromatic N) is 3. The number of aromatic nitrogens is 3. The highest BCUT2D eigenvalue weighted by molar-refractivity contribution is 6.30. The number of benzene rings is 1. The van der Waals surface area contributed by atoms with Crippen molar-refractivity contribution < 1.29 is 4.74 Å². The van der Waals surface area contributed by atoms with Crippen molar-refractivity contribution in [3.63, 3.8) is 0 Å². The second-order valence-corrected chi connectivity index (χ2v) is 6.37. The average Bonchev–Trinajstić information content (AvgIpc) is 3.03. The number of fused-ring (bicyclic) bond motifs is 1. The topological polar surface area (TPSA) is 52.0 Å². The molecule has 0 saturated heterocycles.